The number of carbonyl (C=O) groups is 1. The number of carbonyl (C=O) groups excluding carboxylic acids is 1. The van der Waals surface area contributed by atoms with E-state index in [9.17, 15) is 4.79 Å². The van der Waals surface area contributed by atoms with E-state index in [-0.39, 0.29) is 30.2 Å². The molecular formula is C18H31BO4. The van der Waals surface area contributed by atoms with Crippen LogP contribution in [0.2, 0.25) is 0 Å². The quantitative estimate of drug-likeness (QED) is 0.568. The number of hydrogen-bond donors (Lipinski definition) is 0. The summed E-state index contributed by atoms with van der Waals surface area (Å²) in [6, 6.07) is 0. The van der Waals surface area contributed by atoms with E-state index in [1.807, 2.05) is 20.8 Å². The van der Waals surface area contributed by atoms with E-state index >= 15 is 0 Å². The molecule has 1 aliphatic carbocycles. The molecule has 0 aromatic rings. The maximum absolute atomic E-state index is 12.1. The average molecular weight is 322 g/mol. The lowest BCUT2D eigenvalue weighted by molar-refractivity contribution is -0.160. The van der Waals surface area contributed by atoms with E-state index in [0.717, 1.165) is 25.7 Å². The molecule has 0 radical (unpaired) electrons. The van der Waals surface area contributed by atoms with Crippen LogP contribution >= 0.6 is 0 Å². The van der Waals surface area contributed by atoms with E-state index in [4.69, 9.17) is 14.0 Å². The minimum Gasteiger partial charge on any atom is -0.460 e. The molecule has 0 amide bonds. The number of ether oxygens (including phenoxy) is 1. The van der Waals surface area contributed by atoms with Gasteiger partial charge < -0.3 is 14.0 Å². The molecule has 2 fully saturated rings. The Hall–Kier alpha value is -0.805. The Morgan fingerprint density at radius 2 is 1.61 bits per heavy atom. The monoisotopic (exact) mass is 322 g/mol. The smallest absolute Gasteiger partial charge is 0.460 e. The lowest BCUT2D eigenvalue weighted by Gasteiger charge is -2.32. The van der Waals surface area contributed by atoms with Crippen molar-refractivity contribution < 1.29 is 18.8 Å². The molecule has 130 valence electrons. The van der Waals surface area contributed by atoms with Crippen molar-refractivity contribution in [3.8, 4) is 0 Å². The molecule has 1 heterocycles. The largest absolute Gasteiger partial charge is 0.487 e. The van der Waals surface area contributed by atoms with Gasteiger partial charge in [-0.3, -0.25) is 4.79 Å². The summed E-state index contributed by atoms with van der Waals surface area (Å²) in [7, 11) is -0.284. The highest BCUT2D eigenvalue weighted by Gasteiger charge is 2.50. The van der Waals surface area contributed by atoms with E-state index < -0.39 is 5.60 Å². The standard InChI is InChI=1S/C18H31BO4/c1-16(2,3)21-15(20)14-10-8-13(9-11-14)12-19-22-17(4,5)18(6,7)23-19/h12,14H,8-11H2,1-7H3. The molecule has 2 aliphatic rings. The highest BCUT2D eigenvalue weighted by molar-refractivity contribution is 6.51. The Kier molecular flexibility index (Phi) is 5.03. The molecule has 0 aromatic heterocycles. The zero-order valence-electron chi connectivity index (χ0n) is 15.7. The third-order valence-electron chi connectivity index (χ3n) is 5.01. The predicted octanol–water partition coefficient (Wildman–Crippen LogP) is 4.08. The lowest BCUT2D eigenvalue weighted by Crippen LogP contribution is -2.41. The molecule has 0 unspecified atom stereocenters. The van der Waals surface area contributed by atoms with Crippen LogP contribution in [0.5, 0.6) is 0 Å². The molecule has 0 spiro atoms. The number of esters is 1. The first-order valence-electron chi connectivity index (χ1n) is 8.68. The van der Waals surface area contributed by atoms with Crippen molar-refractivity contribution in [3.05, 3.63) is 11.5 Å². The fraction of sp³-hybridized carbons (Fsp3) is 0.833. The van der Waals surface area contributed by atoms with Crippen LogP contribution in [0.1, 0.15) is 74.1 Å². The van der Waals surface area contributed by atoms with Crippen molar-refractivity contribution in [2.45, 2.75) is 91.0 Å². The summed E-state index contributed by atoms with van der Waals surface area (Å²) >= 11 is 0. The topological polar surface area (TPSA) is 44.8 Å². The van der Waals surface area contributed by atoms with Gasteiger partial charge in [-0.25, -0.2) is 0 Å². The summed E-state index contributed by atoms with van der Waals surface area (Å²) in [6.45, 7) is 14.0. The Balaban J connectivity index is 1.89. The van der Waals surface area contributed by atoms with Gasteiger partial charge in [-0.15, -0.1) is 0 Å². The fourth-order valence-electron chi connectivity index (χ4n) is 2.93. The zero-order chi connectivity index (χ0) is 17.5. The van der Waals surface area contributed by atoms with Crippen LogP contribution in [0.15, 0.2) is 11.5 Å². The molecule has 5 heteroatoms. The van der Waals surface area contributed by atoms with Crippen LogP contribution in [-0.2, 0) is 18.8 Å². The van der Waals surface area contributed by atoms with Gasteiger partial charge in [0.2, 0.25) is 0 Å². The lowest BCUT2D eigenvalue weighted by atomic mass is 9.79. The first-order valence-corrected chi connectivity index (χ1v) is 8.68. The van der Waals surface area contributed by atoms with Gasteiger partial charge in [0.25, 0.3) is 0 Å². The van der Waals surface area contributed by atoms with Crippen molar-refractivity contribution in [3.63, 3.8) is 0 Å². The molecule has 1 saturated heterocycles. The van der Waals surface area contributed by atoms with Crippen LogP contribution in [0, 0.1) is 5.92 Å². The van der Waals surface area contributed by atoms with Crippen molar-refractivity contribution in [1.29, 1.82) is 0 Å². The zero-order valence-corrected chi connectivity index (χ0v) is 15.7. The molecule has 0 bridgehead atoms. The van der Waals surface area contributed by atoms with Gasteiger partial charge in [-0.2, -0.15) is 0 Å². The van der Waals surface area contributed by atoms with E-state index in [1.54, 1.807) is 0 Å². The van der Waals surface area contributed by atoms with Gasteiger partial charge in [-0.1, -0.05) is 11.5 Å². The minimum absolute atomic E-state index is 0.0182. The molecule has 0 N–H and O–H groups in total. The van der Waals surface area contributed by atoms with Crippen LogP contribution in [0.25, 0.3) is 0 Å². The van der Waals surface area contributed by atoms with Crippen LogP contribution < -0.4 is 0 Å². The maximum Gasteiger partial charge on any atom is 0.487 e. The Bertz CT molecular complexity index is 462. The number of allylic oxidation sites excluding steroid dienone is 1. The van der Waals surface area contributed by atoms with Crippen LogP contribution in [0.4, 0.5) is 0 Å². The van der Waals surface area contributed by atoms with Crippen LogP contribution in [-0.4, -0.2) is 29.9 Å². The SMILES string of the molecule is CC(C)(C)OC(=O)C1CCC(=CB2OC(C)(C)C(C)(C)O2)CC1. The Labute approximate surface area is 141 Å². The van der Waals surface area contributed by atoms with E-state index in [2.05, 4.69) is 33.7 Å². The second-order valence-electron chi connectivity index (χ2n) is 8.76. The number of rotatable bonds is 2. The summed E-state index contributed by atoms with van der Waals surface area (Å²) < 4.78 is 17.5. The molecule has 4 nitrogen and oxygen atoms in total. The third-order valence-corrected chi connectivity index (χ3v) is 5.01. The summed E-state index contributed by atoms with van der Waals surface area (Å²) in [4.78, 5) is 12.1. The Morgan fingerprint density at radius 3 is 2.04 bits per heavy atom. The van der Waals surface area contributed by atoms with Gasteiger partial charge in [0, 0.05) is 0 Å². The van der Waals surface area contributed by atoms with Gasteiger partial charge in [-0.05, 0) is 74.1 Å². The summed E-state index contributed by atoms with van der Waals surface area (Å²) in [5.74, 6) is 2.05. The first-order chi connectivity index (χ1) is 10.4. The molecule has 0 atom stereocenters. The predicted molar refractivity (Wildman–Crippen MR) is 92.0 cm³/mol. The highest BCUT2D eigenvalue weighted by atomic mass is 16.7. The van der Waals surface area contributed by atoms with Gasteiger partial charge in [0.05, 0.1) is 17.1 Å². The second-order valence-corrected chi connectivity index (χ2v) is 8.76. The summed E-state index contributed by atoms with van der Waals surface area (Å²) in [5.41, 5.74) is 0.309. The van der Waals surface area contributed by atoms with Gasteiger partial charge in [0.1, 0.15) is 5.60 Å². The van der Waals surface area contributed by atoms with Gasteiger partial charge >= 0.3 is 13.1 Å². The molecular weight excluding hydrogens is 291 g/mol. The summed E-state index contributed by atoms with van der Waals surface area (Å²) in [5, 5.41) is 0. The molecule has 1 aliphatic heterocycles. The highest BCUT2D eigenvalue weighted by Crippen LogP contribution is 2.38. The van der Waals surface area contributed by atoms with Crippen molar-refractivity contribution in [2.24, 2.45) is 5.92 Å². The summed E-state index contributed by atoms with van der Waals surface area (Å²) in [6.07, 6.45) is 3.52. The van der Waals surface area contributed by atoms with Crippen molar-refractivity contribution in [2.75, 3.05) is 0 Å². The first kappa shape index (κ1) is 18.5. The van der Waals surface area contributed by atoms with E-state index in [1.165, 1.54) is 5.57 Å². The molecule has 1 saturated carbocycles. The third kappa shape index (κ3) is 4.60. The maximum atomic E-state index is 12.1. The minimum atomic E-state index is -0.407. The Morgan fingerprint density at radius 1 is 1.13 bits per heavy atom. The molecule has 2 rings (SSSR count). The average Bonchev–Trinajstić information content (AvgIpc) is 2.55. The second kappa shape index (κ2) is 6.25. The molecule has 0 aromatic carbocycles. The van der Waals surface area contributed by atoms with E-state index in [0.29, 0.717) is 0 Å². The van der Waals surface area contributed by atoms with Crippen molar-refractivity contribution in [1.82, 2.24) is 0 Å². The molecule has 23 heavy (non-hydrogen) atoms. The van der Waals surface area contributed by atoms with Gasteiger partial charge in [0.15, 0.2) is 0 Å². The number of hydrogen-bond acceptors (Lipinski definition) is 4. The van der Waals surface area contributed by atoms with Crippen molar-refractivity contribution >= 4 is 13.1 Å². The normalized spacial score (nSPS) is 27.0. The van der Waals surface area contributed by atoms with Crippen LogP contribution in [0.3, 0.4) is 0 Å². The fourth-order valence-corrected chi connectivity index (χ4v) is 2.93.